The van der Waals surface area contributed by atoms with Gasteiger partial charge in [-0.1, -0.05) is 18.2 Å². The first-order chi connectivity index (χ1) is 13.7. The minimum Gasteiger partial charge on any atom is -0.497 e. The van der Waals surface area contributed by atoms with E-state index < -0.39 is 17.7 Å². The van der Waals surface area contributed by atoms with Gasteiger partial charge in [0.15, 0.2) is 0 Å². The van der Waals surface area contributed by atoms with Gasteiger partial charge in [-0.25, -0.2) is 4.79 Å². The fraction of sp³-hybridized carbons (Fsp3) is 0.364. The van der Waals surface area contributed by atoms with Crippen molar-refractivity contribution in [2.24, 2.45) is 0 Å². The molecule has 7 heteroatoms. The van der Waals surface area contributed by atoms with E-state index in [1.165, 1.54) is 12.0 Å². The first-order valence-corrected chi connectivity index (χ1v) is 9.36. The Bertz CT molecular complexity index is 920. The van der Waals surface area contributed by atoms with Crippen LogP contribution in [0.3, 0.4) is 0 Å². The monoisotopic (exact) mass is 398 g/mol. The van der Waals surface area contributed by atoms with E-state index in [9.17, 15) is 9.59 Å². The number of amides is 2. The minimum absolute atomic E-state index is 0.335. The van der Waals surface area contributed by atoms with Gasteiger partial charge < -0.3 is 19.5 Å². The molecule has 2 aromatic carbocycles. The van der Waals surface area contributed by atoms with Crippen LogP contribution in [-0.2, 0) is 16.0 Å². The van der Waals surface area contributed by atoms with Gasteiger partial charge in [0, 0.05) is 12.5 Å². The molecule has 1 N–H and O–H groups in total. The van der Waals surface area contributed by atoms with Crippen molar-refractivity contribution in [3.05, 3.63) is 48.0 Å². The van der Waals surface area contributed by atoms with Crippen LogP contribution in [0, 0.1) is 0 Å². The summed E-state index contributed by atoms with van der Waals surface area (Å²) in [5.41, 5.74) is 1.39. The number of ether oxygens (including phenoxy) is 3. The highest BCUT2D eigenvalue weighted by Gasteiger charge is 2.40. The molecule has 0 aliphatic carbocycles. The van der Waals surface area contributed by atoms with Crippen LogP contribution < -0.4 is 19.7 Å². The Labute approximate surface area is 170 Å². The first kappa shape index (κ1) is 20.5. The highest BCUT2D eigenvalue weighted by molar-refractivity contribution is 6.06. The van der Waals surface area contributed by atoms with E-state index in [0.717, 1.165) is 5.56 Å². The number of nitrogens with zero attached hydrogens (tertiary/aromatic N) is 1. The van der Waals surface area contributed by atoms with Gasteiger partial charge in [-0.05, 0) is 44.5 Å². The second-order valence-electron chi connectivity index (χ2n) is 7.75. The lowest BCUT2D eigenvalue weighted by molar-refractivity contribution is -0.117. The van der Waals surface area contributed by atoms with E-state index >= 15 is 0 Å². The highest BCUT2D eigenvalue weighted by atomic mass is 16.6. The summed E-state index contributed by atoms with van der Waals surface area (Å²) >= 11 is 0. The molecule has 1 aliphatic heterocycles. The minimum atomic E-state index is -0.738. The topological polar surface area (TPSA) is 77.1 Å². The molecule has 0 aromatic heterocycles. The number of benzene rings is 2. The molecule has 0 saturated heterocycles. The van der Waals surface area contributed by atoms with Crippen molar-refractivity contribution in [2.45, 2.75) is 38.8 Å². The van der Waals surface area contributed by atoms with Gasteiger partial charge in [0.05, 0.1) is 25.6 Å². The van der Waals surface area contributed by atoms with Crippen molar-refractivity contribution in [3.8, 4) is 11.5 Å². The van der Waals surface area contributed by atoms with Crippen molar-refractivity contribution >= 4 is 23.4 Å². The molecule has 154 valence electrons. The van der Waals surface area contributed by atoms with Crippen LogP contribution in [0.4, 0.5) is 16.2 Å². The maximum Gasteiger partial charge on any atom is 0.415 e. The molecule has 0 radical (unpaired) electrons. The fourth-order valence-corrected chi connectivity index (χ4v) is 3.26. The van der Waals surface area contributed by atoms with Gasteiger partial charge in [-0.3, -0.25) is 9.69 Å². The van der Waals surface area contributed by atoms with Crippen molar-refractivity contribution in [1.29, 1.82) is 0 Å². The quantitative estimate of drug-likeness (QED) is 0.842. The predicted octanol–water partition coefficient (Wildman–Crippen LogP) is 4.01. The van der Waals surface area contributed by atoms with Crippen LogP contribution >= 0.6 is 0 Å². The zero-order valence-electron chi connectivity index (χ0n) is 17.3. The van der Waals surface area contributed by atoms with Crippen LogP contribution in [0.1, 0.15) is 26.3 Å². The summed E-state index contributed by atoms with van der Waals surface area (Å²) in [6.07, 6.45) is -0.159. The molecular weight excluding hydrogens is 372 g/mol. The second-order valence-corrected chi connectivity index (χ2v) is 7.75. The second kappa shape index (κ2) is 8.03. The number of carbonyl (C=O) groups is 2. The molecule has 1 unspecified atom stereocenters. The molecular formula is C22H26N2O5. The van der Waals surface area contributed by atoms with E-state index in [-0.39, 0.29) is 5.91 Å². The third kappa shape index (κ3) is 4.45. The molecule has 29 heavy (non-hydrogen) atoms. The number of fused-ring (bicyclic) bond motifs is 1. The van der Waals surface area contributed by atoms with Crippen LogP contribution in [0.2, 0.25) is 0 Å². The molecule has 7 nitrogen and oxygen atoms in total. The third-order valence-electron chi connectivity index (χ3n) is 4.53. The molecule has 2 amide bonds. The molecule has 3 rings (SSSR count). The predicted molar refractivity (Wildman–Crippen MR) is 111 cm³/mol. The Kier molecular flexibility index (Phi) is 5.68. The summed E-state index contributed by atoms with van der Waals surface area (Å²) in [7, 11) is 3.07. The van der Waals surface area contributed by atoms with Crippen LogP contribution in [0.5, 0.6) is 11.5 Å². The third-order valence-corrected chi connectivity index (χ3v) is 4.53. The molecule has 0 bridgehead atoms. The van der Waals surface area contributed by atoms with Crippen molar-refractivity contribution in [1.82, 2.24) is 0 Å². The Balaban J connectivity index is 1.90. The number of rotatable bonds is 4. The largest absolute Gasteiger partial charge is 0.497 e. The molecule has 1 aliphatic rings. The lowest BCUT2D eigenvalue weighted by Crippen LogP contribution is -2.47. The Morgan fingerprint density at radius 1 is 1.07 bits per heavy atom. The summed E-state index contributed by atoms with van der Waals surface area (Å²) in [6, 6.07) is 11.8. The summed E-state index contributed by atoms with van der Waals surface area (Å²) in [6.45, 7) is 5.38. The fourth-order valence-electron chi connectivity index (χ4n) is 3.26. The van der Waals surface area contributed by atoms with E-state index in [1.54, 1.807) is 46.1 Å². The Morgan fingerprint density at radius 2 is 1.79 bits per heavy atom. The Morgan fingerprint density at radius 3 is 2.45 bits per heavy atom. The molecule has 0 saturated carbocycles. The number of hydrogen-bond acceptors (Lipinski definition) is 5. The number of hydrogen-bond donors (Lipinski definition) is 1. The van der Waals surface area contributed by atoms with Gasteiger partial charge in [-0.15, -0.1) is 0 Å². The average molecular weight is 398 g/mol. The maximum atomic E-state index is 13.2. The molecule has 1 heterocycles. The van der Waals surface area contributed by atoms with Gasteiger partial charge in [-0.2, -0.15) is 0 Å². The van der Waals surface area contributed by atoms with E-state index in [4.69, 9.17) is 14.2 Å². The van der Waals surface area contributed by atoms with Crippen LogP contribution in [0.15, 0.2) is 42.5 Å². The summed E-state index contributed by atoms with van der Waals surface area (Å²) in [5.74, 6) is 0.747. The van der Waals surface area contributed by atoms with Crippen LogP contribution in [-0.4, -0.2) is 37.9 Å². The SMILES string of the molecule is COc1ccc(OC)c(NC(=O)C2Cc3ccccc3N2C(=O)OC(C)(C)C)c1. The number of methoxy groups -OCH3 is 2. The molecule has 2 aromatic rings. The zero-order valence-corrected chi connectivity index (χ0v) is 17.3. The number of nitrogens with one attached hydrogen (secondary N) is 1. The molecule has 0 spiro atoms. The summed E-state index contributed by atoms with van der Waals surface area (Å²) in [5, 5.41) is 2.87. The average Bonchev–Trinajstić information content (AvgIpc) is 3.06. The summed E-state index contributed by atoms with van der Waals surface area (Å²) in [4.78, 5) is 27.5. The summed E-state index contributed by atoms with van der Waals surface area (Å²) < 4.78 is 16.1. The standard InChI is InChI=1S/C22H26N2O5/c1-22(2,3)29-21(26)24-17-9-7-6-8-14(17)12-18(24)20(25)23-16-13-15(27-4)10-11-19(16)28-5/h6-11,13,18H,12H2,1-5H3,(H,23,25). The molecule has 0 fully saturated rings. The smallest absolute Gasteiger partial charge is 0.415 e. The number of carbonyl (C=O) groups excluding carboxylic acids is 2. The normalized spacial score (nSPS) is 15.5. The van der Waals surface area contributed by atoms with Gasteiger partial charge >= 0.3 is 6.09 Å². The van der Waals surface area contributed by atoms with E-state index in [2.05, 4.69) is 5.32 Å². The van der Waals surface area contributed by atoms with Crippen LogP contribution in [0.25, 0.3) is 0 Å². The van der Waals surface area contributed by atoms with Gasteiger partial charge in [0.1, 0.15) is 23.1 Å². The lowest BCUT2D eigenvalue weighted by Gasteiger charge is -2.28. The van der Waals surface area contributed by atoms with Gasteiger partial charge in [0.25, 0.3) is 0 Å². The highest BCUT2D eigenvalue weighted by Crippen LogP contribution is 2.35. The van der Waals surface area contributed by atoms with E-state index in [0.29, 0.717) is 29.3 Å². The zero-order chi connectivity index (χ0) is 21.2. The van der Waals surface area contributed by atoms with E-state index in [1.807, 2.05) is 24.3 Å². The van der Waals surface area contributed by atoms with Gasteiger partial charge in [0.2, 0.25) is 5.91 Å². The maximum absolute atomic E-state index is 13.2. The Hall–Kier alpha value is -3.22. The molecule has 1 atom stereocenters. The lowest BCUT2D eigenvalue weighted by atomic mass is 10.1. The first-order valence-electron chi connectivity index (χ1n) is 9.36. The number of para-hydroxylation sites is 1. The van der Waals surface area contributed by atoms with Crippen molar-refractivity contribution < 1.29 is 23.8 Å². The van der Waals surface area contributed by atoms with Crippen molar-refractivity contribution in [2.75, 3.05) is 24.4 Å². The number of anilines is 2. The van der Waals surface area contributed by atoms with Crippen molar-refractivity contribution in [3.63, 3.8) is 0 Å².